The van der Waals surface area contributed by atoms with Gasteiger partial charge in [0.05, 0.1) is 6.54 Å². The van der Waals surface area contributed by atoms with E-state index in [4.69, 9.17) is 10.2 Å². The Labute approximate surface area is 135 Å². The Hall–Kier alpha value is -2.06. The molecule has 3 N–H and O–H groups in total. The second-order valence-corrected chi connectivity index (χ2v) is 5.53. The van der Waals surface area contributed by atoms with Gasteiger partial charge in [0.25, 0.3) is 0 Å². The topological polar surface area (TPSA) is 115 Å². The number of nitrogens with zero attached hydrogens (tertiary/aromatic N) is 3. The monoisotopic (exact) mass is 324 g/mol. The maximum absolute atomic E-state index is 9.55. The largest absolute Gasteiger partial charge is 0.478 e. The number of aliphatic carboxylic acids is 2. The molecule has 23 heavy (non-hydrogen) atoms. The lowest BCUT2D eigenvalue weighted by Crippen LogP contribution is -2.50. The minimum atomic E-state index is -1.26. The van der Waals surface area contributed by atoms with Crippen LogP contribution in [-0.2, 0) is 9.59 Å². The highest BCUT2D eigenvalue weighted by molar-refractivity contribution is 6.29. The van der Waals surface area contributed by atoms with Gasteiger partial charge in [-0.05, 0) is 26.8 Å². The molecule has 0 aromatic heterocycles. The summed E-state index contributed by atoms with van der Waals surface area (Å²) in [5.41, 5.74) is 0.936. The highest BCUT2D eigenvalue weighted by Gasteiger charge is 2.32. The van der Waals surface area contributed by atoms with Crippen LogP contribution in [0.3, 0.4) is 0 Å². The molecule has 2 aliphatic heterocycles. The average Bonchev–Trinajstić information content (AvgIpc) is 2.79. The van der Waals surface area contributed by atoms with E-state index in [0.717, 1.165) is 38.4 Å². The van der Waals surface area contributed by atoms with Crippen molar-refractivity contribution in [2.24, 2.45) is 9.98 Å². The van der Waals surface area contributed by atoms with E-state index in [1.807, 2.05) is 13.1 Å². The molecule has 0 aliphatic carbocycles. The molecule has 0 amide bonds. The Bertz CT molecular complexity index is 492. The zero-order chi connectivity index (χ0) is 17.3. The quantitative estimate of drug-likeness (QED) is 0.641. The van der Waals surface area contributed by atoms with Crippen molar-refractivity contribution in [1.29, 1.82) is 0 Å². The molecule has 1 unspecified atom stereocenters. The second kappa shape index (κ2) is 9.16. The van der Waals surface area contributed by atoms with Gasteiger partial charge in [0, 0.05) is 43.7 Å². The Kier molecular flexibility index (Phi) is 7.56. The molecule has 1 fully saturated rings. The predicted molar refractivity (Wildman–Crippen MR) is 88.3 cm³/mol. The molecule has 0 radical (unpaired) electrons. The summed E-state index contributed by atoms with van der Waals surface area (Å²) < 4.78 is 0. The molecule has 8 heteroatoms. The Balaban J connectivity index is 0.000000284. The zero-order valence-electron chi connectivity index (χ0n) is 13.5. The van der Waals surface area contributed by atoms with Gasteiger partial charge in [-0.3, -0.25) is 14.9 Å². The first-order valence-electron chi connectivity index (χ1n) is 7.49. The van der Waals surface area contributed by atoms with E-state index in [9.17, 15) is 9.59 Å². The molecule has 1 atom stereocenters. The van der Waals surface area contributed by atoms with E-state index in [2.05, 4.69) is 27.1 Å². The summed E-state index contributed by atoms with van der Waals surface area (Å²) in [7, 11) is 0. The lowest BCUT2D eigenvalue weighted by atomic mass is 10.1. The first-order valence-corrected chi connectivity index (χ1v) is 7.49. The number of carboxylic acids is 2. The number of carboxylic acid groups (broad SMARTS) is 2. The van der Waals surface area contributed by atoms with E-state index in [0.29, 0.717) is 12.2 Å². The fourth-order valence-corrected chi connectivity index (χ4v) is 2.24. The fraction of sp³-hybridized carbons (Fsp3) is 0.600. The summed E-state index contributed by atoms with van der Waals surface area (Å²) in [6.07, 6.45) is 4.22. The van der Waals surface area contributed by atoms with Crippen LogP contribution in [0, 0.1) is 0 Å². The molecule has 0 spiro atoms. The first-order chi connectivity index (χ1) is 10.8. The van der Waals surface area contributed by atoms with Crippen LogP contribution < -0.4 is 5.32 Å². The zero-order valence-corrected chi connectivity index (χ0v) is 13.5. The summed E-state index contributed by atoms with van der Waals surface area (Å²) >= 11 is 0. The third-order valence-corrected chi connectivity index (χ3v) is 3.55. The number of hydrogen-bond acceptors (Lipinski definition) is 6. The van der Waals surface area contributed by atoms with Crippen LogP contribution in [0.25, 0.3) is 0 Å². The molecule has 1 saturated heterocycles. The van der Waals surface area contributed by atoms with Crippen LogP contribution in [0.4, 0.5) is 0 Å². The van der Waals surface area contributed by atoms with Gasteiger partial charge in [0.15, 0.2) is 0 Å². The maximum Gasteiger partial charge on any atom is 0.328 e. The van der Waals surface area contributed by atoms with Gasteiger partial charge in [-0.15, -0.1) is 0 Å². The van der Waals surface area contributed by atoms with Gasteiger partial charge in [0.1, 0.15) is 5.66 Å². The van der Waals surface area contributed by atoms with Crippen molar-refractivity contribution < 1.29 is 19.8 Å². The van der Waals surface area contributed by atoms with Crippen molar-refractivity contribution in [3.05, 3.63) is 12.2 Å². The van der Waals surface area contributed by atoms with Crippen molar-refractivity contribution in [1.82, 2.24) is 10.2 Å². The molecule has 2 aliphatic rings. The van der Waals surface area contributed by atoms with Gasteiger partial charge in [-0.2, -0.15) is 0 Å². The molecule has 8 nitrogen and oxygen atoms in total. The van der Waals surface area contributed by atoms with Crippen molar-refractivity contribution in [3.8, 4) is 0 Å². The highest BCUT2D eigenvalue weighted by atomic mass is 16.4. The molecule has 0 aromatic carbocycles. The van der Waals surface area contributed by atoms with Crippen LogP contribution in [-0.4, -0.2) is 77.4 Å². The van der Waals surface area contributed by atoms with Crippen LogP contribution in [0.5, 0.6) is 0 Å². The van der Waals surface area contributed by atoms with E-state index in [-0.39, 0.29) is 5.66 Å². The first kappa shape index (κ1) is 19.0. The predicted octanol–water partition coefficient (Wildman–Crippen LogP) is 0.255. The molecule has 0 bridgehead atoms. The van der Waals surface area contributed by atoms with E-state index in [1.165, 1.54) is 6.42 Å². The maximum atomic E-state index is 9.55. The normalized spacial score (nSPS) is 25.2. The van der Waals surface area contributed by atoms with E-state index < -0.39 is 11.9 Å². The van der Waals surface area contributed by atoms with Crippen LogP contribution >= 0.6 is 0 Å². The number of hydrogen-bond donors (Lipinski definition) is 3. The lowest BCUT2D eigenvalue weighted by Gasteiger charge is -2.37. The number of carbonyl (C=O) groups is 2. The summed E-state index contributed by atoms with van der Waals surface area (Å²) in [5, 5.41) is 19.0. The summed E-state index contributed by atoms with van der Waals surface area (Å²) in [6, 6.07) is 0. The SMILES string of the molecule is CC1=NCC(C)(N2CCCNCC2)N=C1.O=C(O)/C=C/C(=O)O. The lowest BCUT2D eigenvalue weighted by molar-refractivity contribution is -0.134. The highest BCUT2D eigenvalue weighted by Crippen LogP contribution is 2.20. The molecule has 0 aromatic rings. The molecular formula is C15H24N4O4. The van der Waals surface area contributed by atoms with Crippen LogP contribution in [0.15, 0.2) is 22.1 Å². The minimum absolute atomic E-state index is 0.106. The van der Waals surface area contributed by atoms with Crippen molar-refractivity contribution >= 4 is 23.9 Å². The van der Waals surface area contributed by atoms with Crippen molar-refractivity contribution in [2.45, 2.75) is 25.9 Å². The standard InChI is InChI=1S/C11H20N4.C4H4O4/c1-10-8-14-11(2,9-13-10)15-6-3-4-12-5-7-15;5-3(6)1-2-4(7)8/h8,12H,3-7,9H2,1-2H3;1-2H,(H,5,6)(H,7,8)/b;2-1+. The Morgan fingerprint density at radius 3 is 2.43 bits per heavy atom. The number of aliphatic imine (C=N–C) groups is 2. The summed E-state index contributed by atoms with van der Waals surface area (Å²) in [4.78, 5) is 30.7. The smallest absolute Gasteiger partial charge is 0.328 e. The minimum Gasteiger partial charge on any atom is -0.478 e. The summed E-state index contributed by atoms with van der Waals surface area (Å²) in [6.45, 7) is 9.37. The molecule has 128 valence electrons. The van der Waals surface area contributed by atoms with Crippen LogP contribution in [0.2, 0.25) is 0 Å². The summed E-state index contributed by atoms with van der Waals surface area (Å²) in [5.74, 6) is -2.51. The van der Waals surface area contributed by atoms with Crippen molar-refractivity contribution in [3.63, 3.8) is 0 Å². The molecule has 2 rings (SSSR count). The number of nitrogens with one attached hydrogen (secondary N) is 1. The van der Waals surface area contributed by atoms with Crippen molar-refractivity contribution in [2.75, 3.05) is 32.7 Å². The molecule has 0 saturated carbocycles. The molecular weight excluding hydrogens is 300 g/mol. The van der Waals surface area contributed by atoms with Gasteiger partial charge >= 0.3 is 11.9 Å². The fourth-order valence-electron chi connectivity index (χ4n) is 2.24. The van der Waals surface area contributed by atoms with Gasteiger partial charge in [-0.25, -0.2) is 9.59 Å². The van der Waals surface area contributed by atoms with Gasteiger partial charge < -0.3 is 15.5 Å². The third kappa shape index (κ3) is 7.16. The van der Waals surface area contributed by atoms with Crippen LogP contribution in [0.1, 0.15) is 20.3 Å². The Morgan fingerprint density at radius 1 is 1.26 bits per heavy atom. The molecule has 2 heterocycles. The second-order valence-electron chi connectivity index (χ2n) is 5.53. The number of rotatable bonds is 3. The Morgan fingerprint density at radius 2 is 1.91 bits per heavy atom. The van der Waals surface area contributed by atoms with E-state index >= 15 is 0 Å². The third-order valence-electron chi connectivity index (χ3n) is 3.55. The van der Waals surface area contributed by atoms with Gasteiger partial charge in [0.2, 0.25) is 0 Å². The van der Waals surface area contributed by atoms with Gasteiger partial charge in [-0.1, -0.05) is 0 Å². The van der Waals surface area contributed by atoms with E-state index in [1.54, 1.807) is 0 Å². The average molecular weight is 324 g/mol.